The number of carbonyl (C=O) groups excluding carboxylic acids is 1. The third-order valence-corrected chi connectivity index (χ3v) is 4.25. The van der Waals surface area contributed by atoms with E-state index in [4.69, 9.17) is 0 Å². The van der Waals surface area contributed by atoms with E-state index in [1.807, 2.05) is 24.3 Å². The van der Waals surface area contributed by atoms with Gasteiger partial charge in [0.15, 0.2) is 0 Å². The Kier molecular flexibility index (Phi) is 3.39. The van der Waals surface area contributed by atoms with Crippen molar-refractivity contribution in [3.05, 3.63) is 83.9 Å². The Hall–Kier alpha value is -3.08. The molecule has 0 unspecified atom stereocenters. The Morgan fingerprint density at radius 3 is 1.76 bits per heavy atom. The number of hydrogen-bond acceptors (Lipinski definition) is 1. The summed E-state index contributed by atoms with van der Waals surface area (Å²) < 4.78 is 41.3. The van der Waals surface area contributed by atoms with Gasteiger partial charge in [0.1, 0.15) is 0 Å². The molecule has 3 aromatic carbocycles. The van der Waals surface area contributed by atoms with Crippen LogP contribution in [-0.4, -0.2) is 10.5 Å². The Bertz CT molecular complexity index is 1060. The highest BCUT2D eigenvalue weighted by Gasteiger charge is 2.35. The lowest BCUT2D eigenvalue weighted by Gasteiger charge is -2.13. The molecule has 0 aliphatic carbocycles. The molecule has 0 aliphatic heterocycles. The van der Waals surface area contributed by atoms with Crippen molar-refractivity contribution in [1.29, 1.82) is 0 Å². The fourth-order valence-electron chi connectivity index (χ4n) is 3.18. The van der Waals surface area contributed by atoms with Crippen molar-refractivity contribution in [1.82, 2.24) is 4.57 Å². The van der Waals surface area contributed by atoms with Gasteiger partial charge in [0.25, 0.3) is 5.91 Å². The molecular formula is C20H12F3NO. The van der Waals surface area contributed by atoms with E-state index in [1.165, 1.54) is 22.8 Å². The van der Waals surface area contributed by atoms with Gasteiger partial charge in [-0.1, -0.05) is 48.5 Å². The van der Waals surface area contributed by atoms with Crippen molar-refractivity contribution < 1.29 is 18.0 Å². The summed E-state index contributed by atoms with van der Waals surface area (Å²) in [6.07, 6.45) is -4.59. The van der Waals surface area contributed by atoms with Crippen LogP contribution in [0, 0.1) is 0 Å². The van der Waals surface area contributed by atoms with Crippen molar-refractivity contribution in [2.75, 3.05) is 0 Å². The van der Waals surface area contributed by atoms with Crippen molar-refractivity contribution in [3.8, 4) is 0 Å². The number of hydrogen-bond donors (Lipinski definition) is 0. The number of benzene rings is 3. The summed E-state index contributed by atoms with van der Waals surface area (Å²) in [5.74, 6) is -0.690. The van der Waals surface area contributed by atoms with E-state index in [9.17, 15) is 18.0 Å². The van der Waals surface area contributed by atoms with Gasteiger partial charge in [-0.25, -0.2) is 0 Å². The third-order valence-electron chi connectivity index (χ3n) is 4.25. The third kappa shape index (κ3) is 2.39. The molecule has 2 nitrogen and oxygen atoms in total. The molecule has 5 heteroatoms. The van der Waals surface area contributed by atoms with Crippen LogP contribution in [0.4, 0.5) is 13.2 Å². The van der Waals surface area contributed by atoms with Crippen LogP contribution in [0.15, 0.2) is 72.8 Å². The monoisotopic (exact) mass is 339 g/mol. The highest BCUT2D eigenvalue weighted by Crippen LogP contribution is 2.34. The van der Waals surface area contributed by atoms with Gasteiger partial charge < -0.3 is 0 Å². The number of nitrogens with zero attached hydrogens (tertiary/aromatic N) is 1. The van der Waals surface area contributed by atoms with Gasteiger partial charge >= 0.3 is 6.18 Å². The first kappa shape index (κ1) is 15.4. The Morgan fingerprint density at radius 1 is 0.720 bits per heavy atom. The van der Waals surface area contributed by atoms with E-state index in [1.54, 1.807) is 24.3 Å². The number of fused-ring (bicyclic) bond motifs is 3. The summed E-state index contributed by atoms with van der Waals surface area (Å²) in [5.41, 5.74) is -0.111. The summed E-state index contributed by atoms with van der Waals surface area (Å²) in [5, 5.41) is 1.66. The summed E-state index contributed by atoms with van der Waals surface area (Å²) in [4.78, 5) is 13.1. The molecule has 1 heterocycles. The highest BCUT2D eigenvalue weighted by atomic mass is 19.4. The second kappa shape index (κ2) is 5.48. The Labute approximate surface area is 141 Å². The normalized spacial score (nSPS) is 12.0. The van der Waals surface area contributed by atoms with Crippen molar-refractivity contribution in [2.24, 2.45) is 0 Å². The fraction of sp³-hybridized carbons (Fsp3) is 0.0500. The Morgan fingerprint density at radius 2 is 1.20 bits per heavy atom. The minimum Gasteiger partial charge on any atom is -0.276 e. The molecule has 0 saturated heterocycles. The largest absolute Gasteiger partial charge is 0.417 e. The maximum atomic E-state index is 13.3. The quantitative estimate of drug-likeness (QED) is 0.449. The summed E-state index contributed by atoms with van der Waals surface area (Å²) in [7, 11) is 0. The molecule has 124 valence electrons. The van der Waals surface area contributed by atoms with Gasteiger partial charge in [-0.2, -0.15) is 13.2 Å². The maximum absolute atomic E-state index is 13.3. The van der Waals surface area contributed by atoms with Crippen LogP contribution in [0.25, 0.3) is 21.8 Å². The molecule has 0 bridgehead atoms. The zero-order valence-electron chi connectivity index (χ0n) is 12.9. The second-order valence-corrected chi connectivity index (χ2v) is 5.72. The van der Waals surface area contributed by atoms with Crippen LogP contribution in [0.3, 0.4) is 0 Å². The van der Waals surface area contributed by atoms with Crippen LogP contribution in [0.2, 0.25) is 0 Å². The van der Waals surface area contributed by atoms with Crippen LogP contribution in [0.5, 0.6) is 0 Å². The molecule has 25 heavy (non-hydrogen) atoms. The standard InChI is InChI=1S/C20H12F3NO/c21-20(22,23)16-10-4-1-9-15(16)19(25)24-17-11-5-2-7-13(17)14-8-3-6-12-18(14)24/h1-12H. The first-order chi connectivity index (χ1) is 12.0. The number of halogens is 3. The molecule has 4 rings (SSSR count). The zero-order valence-corrected chi connectivity index (χ0v) is 12.9. The molecule has 0 aliphatic rings. The molecule has 0 N–H and O–H groups in total. The van der Waals surface area contributed by atoms with Crippen LogP contribution < -0.4 is 0 Å². The SMILES string of the molecule is O=C(c1ccccc1C(F)(F)F)n1c2ccccc2c2ccccc21. The zero-order chi connectivity index (χ0) is 17.6. The van der Waals surface area contributed by atoms with Crippen LogP contribution >= 0.6 is 0 Å². The van der Waals surface area contributed by atoms with Gasteiger partial charge in [-0.15, -0.1) is 0 Å². The minimum atomic E-state index is -4.59. The van der Waals surface area contributed by atoms with Gasteiger partial charge in [-0.05, 0) is 24.3 Å². The summed E-state index contributed by atoms with van der Waals surface area (Å²) in [6.45, 7) is 0. The first-order valence-electron chi connectivity index (χ1n) is 7.67. The summed E-state index contributed by atoms with van der Waals surface area (Å²) in [6, 6.07) is 19.3. The van der Waals surface area contributed by atoms with Crippen molar-refractivity contribution >= 4 is 27.7 Å². The van der Waals surface area contributed by atoms with Gasteiger partial charge in [0, 0.05) is 10.8 Å². The molecule has 0 radical (unpaired) electrons. The van der Waals surface area contributed by atoms with Gasteiger partial charge in [0.05, 0.1) is 22.2 Å². The van der Waals surface area contributed by atoms with Gasteiger partial charge in [0.2, 0.25) is 0 Å². The predicted octanol–water partition coefficient (Wildman–Crippen LogP) is 5.50. The second-order valence-electron chi connectivity index (χ2n) is 5.72. The van der Waals surface area contributed by atoms with E-state index in [-0.39, 0.29) is 5.56 Å². The lowest BCUT2D eigenvalue weighted by atomic mass is 10.1. The van der Waals surface area contributed by atoms with E-state index in [2.05, 4.69) is 0 Å². The first-order valence-corrected chi connectivity index (χ1v) is 7.67. The molecule has 1 aromatic heterocycles. The fourth-order valence-corrected chi connectivity index (χ4v) is 3.18. The molecule has 0 amide bonds. The topological polar surface area (TPSA) is 22.0 Å². The van der Waals surface area contributed by atoms with E-state index < -0.39 is 17.6 Å². The van der Waals surface area contributed by atoms with Crippen LogP contribution in [0.1, 0.15) is 15.9 Å². The Balaban J connectivity index is 2.04. The number of para-hydroxylation sites is 2. The lowest BCUT2D eigenvalue weighted by Crippen LogP contribution is -2.18. The minimum absolute atomic E-state index is 0.360. The molecule has 0 saturated carbocycles. The van der Waals surface area contributed by atoms with E-state index in [0.29, 0.717) is 11.0 Å². The van der Waals surface area contributed by atoms with Crippen molar-refractivity contribution in [3.63, 3.8) is 0 Å². The molecular weight excluding hydrogens is 327 g/mol. The van der Waals surface area contributed by atoms with Crippen molar-refractivity contribution in [2.45, 2.75) is 6.18 Å². The number of rotatable bonds is 1. The summed E-state index contributed by atoms with van der Waals surface area (Å²) >= 11 is 0. The lowest BCUT2D eigenvalue weighted by molar-refractivity contribution is -0.137. The molecule has 4 aromatic rings. The van der Waals surface area contributed by atoms with E-state index in [0.717, 1.165) is 16.8 Å². The number of aromatic nitrogens is 1. The predicted molar refractivity (Wildman–Crippen MR) is 90.6 cm³/mol. The molecule has 0 spiro atoms. The smallest absolute Gasteiger partial charge is 0.276 e. The number of carbonyl (C=O) groups is 1. The average molecular weight is 339 g/mol. The van der Waals surface area contributed by atoms with Crippen LogP contribution in [-0.2, 0) is 6.18 Å². The highest BCUT2D eigenvalue weighted by molar-refractivity contribution is 6.16. The van der Waals surface area contributed by atoms with E-state index >= 15 is 0 Å². The number of alkyl halides is 3. The molecule has 0 atom stereocenters. The maximum Gasteiger partial charge on any atom is 0.417 e. The van der Waals surface area contributed by atoms with Gasteiger partial charge in [-0.3, -0.25) is 9.36 Å². The average Bonchev–Trinajstić information content (AvgIpc) is 2.95. The molecule has 0 fully saturated rings.